The summed E-state index contributed by atoms with van der Waals surface area (Å²) >= 11 is 0. The summed E-state index contributed by atoms with van der Waals surface area (Å²) in [5, 5.41) is 7.02. The Balaban J connectivity index is 1.33. The van der Waals surface area contributed by atoms with Crippen molar-refractivity contribution in [2.75, 3.05) is 45.4 Å². The van der Waals surface area contributed by atoms with Gasteiger partial charge in [0.25, 0.3) is 5.92 Å². The van der Waals surface area contributed by atoms with Gasteiger partial charge in [0, 0.05) is 6.54 Å². The molecular formula is C24H25F4N7O2. The highest BCUT2D eigenvalue weighted by Gasteiger charge is 2.47. The van der Waals surface area contributed by atoms with Crippen LogP contribution in [0, 0.1) is 5.82 Å². The number of likely N-dealkylation sites (tertiary alicyclic amines) is 1. The van der Waals surface area contributed by atoms with E-state index in [1.165, 1.54) is 18.0 Å². The van der Waals surface area contributed by atoms with Crippen LogP contribution in [0.25, 0.3) is 27.7 Å². The number of hydrogen-bond acceptors (Lipinski definition) is 7. The highest BCUT2D eigenvalue weighted by Crippen LogP contribution is 2.36. The first kappa shape index (κ1) is 23.9. The predicted octanol–water partition coefficient (Wildman–Crippen LogP) is 3.38. The lowest BCUT2D eigenvalue weighted by molar-refractivity contribution is -0.131. The second-order valence-corrected chi connectivity index (χ2v) is 9.33. The molecule has 1 aromatic carbocycles. The van der Waals surface area contributed by atoms with Gasteiger partial charge in [0.2, 0.25) is 11.8 Å². The van der Waals surface area contributed by atoms with Crippen molar-refractivity contribution in [2.24, 2.45) is 0 Å². The number of hydrogen-bond donors (Lipinski definition) is 1. The third-order valence-corrected chi connectivity index (χ3v) is 7.05. The van der Waals surface area contributed by atoms with Crippen LogP contribution in [0.3, 0.4) is 0 Å². The zero-order valence-corrected chi connectivity index (χ0v) is 20.0. The Morgan fingerprint density at radius 2 is 2.11 bits per heavy atom. The molecular weight excluding hydrogens is 494 g/mol. The molecule has 2 aliphatic rings. The molecule has 1 N–H and O–H groups in total. The SMILES string of the molecule is COc1nc(N[C@@H]2CCN(C3COC3)CC2(F)F)nn2cc(F)c(-c3ccc4ncn(CCF)c4c3)c12. The smallest absolute Gasteiger partial charge is 0.280 e. The molecule has 196 valence electrons. The van der Waals surface area contributed by atoms with Crippen LogP contribution in [0.2, 0.25) is 0 Å². The number of rotatable bonds is 7. The molecule has 0 saturated carbocycles. The molecule has 0 amide bonds. The Hall–Kier alpha value is -3.45. The standard InChI is InChI=1S/C24H25F4N7O2/c1-36-22-21-20(14-2-3-17-18(8-14)34(7-5-25)13-29-17)16(26)9-35(21)32-23(31-22)30-19-4-6-33(12-24(19,27)28)15-10-37-11-15/h2-3,8-9,13,15,19H,4-7,10-12H2,1H3,(H,30,32)/t19-/m1/s1. The molecule has 6 rings (SSSR count). The number of aromatic nitrogens is 5. The first-order valence-electron chi connectivity index (χ1n) is 12.0. The lowest BCUT2D eigenvalue weighted by Crippen LogP contribution is -2.61. The van der Waals surface area contributed by atoms with E-state index in [9.17, 15) is 13.2 Å². The summed E-state index contributed by atoms with van der Waals surface area (Å²) in [6.45, 7) is 0.601. The van der Waals surface area contributed by atoms with Crippen LogP contribution >= 0.6 is 0 Å². The van der Waals surface area contributed by atoms with Gasteiger partial charge >= 0.3 is 0 Å². The normalized spacial score (nSPS) is 20.4. The van der Waals surface area contributed by atoms with E-state index in [2.05, 4.69) is 20.4 Å². The molecule has 2 aliphatic heterocycles. The number of methoxy groups -OCH3 is 1. The number of fused-ring (bicyclic) bond motifs is 2. The Bertz CT molecular complexity index is 1450. The van der Waals surface area contributed by atoms with Gasteiger partial charge in [0.05, 0.1) is 74.6 Å². The van der Waals surface area contributed by atoms with Gasteiger partial charge in [-0.05, 0) is 24.1 Å². The fourth-order valence-corrected chi connectivity index (χ4v) is 5.03. The molecule has 37 heavy (non-hydrogen) atoms. The molecule has 0 aliphatic carbocycles. The number of nitrogens with zero attached hydrogens (tertiary/aromatic N) is 6. The van der Waals surface area contributed by atoms with E-state index < -0.39 is 24.5 Å². The van der Waals surface area contributed by atoms with Crippen molar-refractivity contribution in [3.8, 4) is 17.0 Å². The minimum atomic E-state index is -3.02. The Kier molecular flexibility index (Phi) is 5.91. The van der Waals surface area contributed by atoms with Gasteiger partial charge < -0.3 is 19.4 Å². The molecule has 4 aromatic rings. The zero-order chi connectivity index (χ0) is 25.7. The summed E-state index contributed by atoms with van der Waals surface area (Å²) in [7, 11) is 1.37. The molecule has 2 fully saturated rings. The molecule has 3 aromatic heterocycles. The van der Waals surface area contributed by atoms with Crippen molar-refractivity contribution >= 4 is 22.5 Å². The molecule has 2 saturated heterocycles. The maximum absolute atomic E-state index is 15.3. The van der Waals surface area contributed by atoms with Gasteiger partial charge in [-0.25, -0.2) is 27.1 Å². The van der Waals surface area contributed by atoms with Gasteiger partial charge in [-0.3, -0.25) is 4.90 Å². The van der Waals surface area contributed by atoms with E-state index in [1.807, 2.05) is 0 Å². The van der Waals surface area contributed by atoms with Gasteiger partial charge in [0.1, 0.15) is 12.2 Å². The molecule has 0 spiro atoms. The highest BCUT2D eigenvalue weighted by molar-refractivity contribution is 5.90. The monoisotopic (exact) mass is 519 g/mol. The third-order valence-electron chi connectivity index (χ3n) is 7.05. The molecule has 13 heteroatoms. The number of piperidine rings is 1. The molecule has 9 nitrogen and oxygen atoms in total. The lowest BCUT2D eigenvalue weighted by atomic mass is 9.98. The average Bonchev–Trinajstić information content (AvgIpc) is 3.38. The fraction of sp³-hybridized carbons (Fsp3) is 0.458. The van der Waals surface area contributed by atoms with Crippen LogP contribution < -0.4 is 10.1 Å². The minimum Gasteiger partial charge on any atom is -0.479 e. The van der Waals surface area contributed by atoms with Crippen LogP contribution in [0.4, 0.5) is 23.5 Å². The number of nitrogens with one attached hydrogen (secondary N) is 1. The molecule has 5 heterocycles. The van der Waals surface area contributed by atoms with Crippen molar-refractivity contribution in [1.82, 2.24) is 29.0 Å². The summed E-state index contributed by atoms with van der Waals surface area (Å²) in [5.74, 6) is -3.68. The quantitative estimate of drug-likeness (QED) is 0.375. The third kappa shape index (κ3) is 4.15. The highest BCUT2D eigenvalue weighted by atomic mass is 19.3. The van der Waals surface area contributed by atoms with Crippen molar-refractivity contribution in [3.63, 3.8) is 0 Å². The van der Waals surface area contributed by atoms with E-state index in [0.717, 1.165) is 6.20 Å². The van der Waals surface area contributed by atoms with Crippen molar-refractivity contribution in [3.05, 3.63) is 36.5 Å². The summed E-state index contributed by atoms with van der Waals surface area (Å²) in [6.07, 6.45) is 2.87. The first-order valence-corrected chi connectivity index (χ1v) is 12.0. The maximum atomic E-state index is 15.3. The summed E-state index contributed by atoms with van der Waals surface area (Å²) in [5.41, 5.74) is 2.21. The number of halogens is 4. The van der Waals surface area contributed by atoms with E-state index in [4.69, 9.17) is 9.47 Å². The Morgan fingerprint density at radius 3 is 2.81 bits per heavy atom. The second kappa shape index (κ2) is 9.14. The van der Waals surface area contributed by atoms with Crippen LogP contribution in [0.5, 0.6) is 5.88 Å². The first-order chi connectivity index (χ1) is 17.9. The number of aryl methyl sites for hydroxylation is 1. The summed E-state index contributed by atoms with van der Waals surface area (Å²) in [6, 6.07) is 3.96. The van der Waals surface area contributed by atoms with Gasteiger partial charge in [-0.15, -0.1) is 5.10 Å². The molecule has 0 bridgehead atoms. The number of ether oxygens (including phenoxy) is 2. The van der Waals surface area contributed by atoms with Crippen LogP contribution in [-0.4, -0.2) is 87.1 Å². The van der Waals surface area contributed by atoms with Crippen molar-refractivity contribution in [2.45, 2.75) is 31.0 Å². The predicted molar refractivity (Wildman–Crippen MR) is 127 cm³/mol. The minimum absolute atomic E-state index is 0.0237. The molecule has 0 radical (unpaired) electrons. The van der Waals surface area contributed by atoms with Crippen LogP contribution in [0.15, 0.2) is 30.7 Å². The van der Waals surface area contributed by atoms with Crippen LogP contribution in [-0.2, 0) is 11.3 Å². The number of imidazole rings is 1. The fourth-order valence-electron chi connectivity index (χ4n) is 5.03. The summed E-state index contributed by atoms with van der Waals surface area (Å²) in [4.78, 5) is 10.3. The average molecular weight is 520 g/mol. The van der Waals surface area contributed by atoms with Crippen molar-refractivity contribution < 1.29 is 27.0 Å². The maximum Gasteiger partial charge on any atom is 0.280 e. The molecule has 1 atom stereocenters. The number of anilines is 1. The van der Waals surface area contributed by atoms with E-state index in [0.29, 0.717) is 36.4 Å². The largest absolute Gasteiger partial charge is 0.479 e. The number of benzene rings is 1. The summed E-state index contributed by atoms with van der Waals surface area (Å²) < 4.78 is 71.6. The Labute approximate surface area is 209 Å². The lowest BCUT2D eigenvalue weighted by Gasteiger charge is -2.44. The van der Waals surface area contributed by atoms with Crippen LogP contribution in [0.1, 0.15) is 6.42 Å². The van der Waals surface area contributed by atoms with Gasteiger partial charge in [0.15, 0.2) is 5.82 Å². The topological polar surface area (TPSA) is 81.7 Å². The Morgan fingerprint density at radius 1 is 1.27 bits per heavy atom. The molecule has 0 unspecified atom stereocenters. The second-order valence-electron chi connectivity index (χ2n) is 9.33. The van der Waals surface area contributed by atoms with Gasteiger partial charge in [-0.1, -0.05) is 6.07 Å². The van der Waals surface area contributed by atoms with Crippen molar-refractivity contribution in [1.29, 1.82) is 0 Å². The van der Waals surface area contributed by atoms with E-state index in [1.54, 1.807) is 27.7 Å². The van der Waals surface area contributed by atoms with E-state index >= 15 is 4.39 Å². The zero-order valence-electron chi connectivity index (χ0n) is 20.0. The number of alkyl halides is 3. The van der Waals surface area contributed by atoms with E-state index in [-0.39, 0.29) is 48.5 Å². The van der Waals surface area contributed by atoms with Gasteiger partial charge in [-0.2, -0.15) is 4.98 Å².